The summed E-state index contributed by atoms with van der Waals surface area (Å²) in [7, 11) is 1.34. The number of benzene rings is 1. The van der Waals surface area contributed by atoms with Crippen LogP contribution in [0.1, 0.15) is 23.2 Å². The van der Waals surface area contributed by atoms with E-state index in [0.717, 1.165) is 9.96 Å². The standard InChI is InChI=1S/C14H15NO4S/c1-3-20-12-8-6-11(7-9-12)14(18)19-15(2)13(17)5-4-10-16/h3,6-10H,1,4-5H2,2H3. The minimum absolute atomic E-state index is 0.0161. The Hall–Kier alpha value is -2.08. The first kappa shape index (κ1) is 16.0. The van der Waals surface area contributed by atoms with Crippen LogP contribution in [0.15, 0.2) is 41.1 Å². The molecular weight excluding hydrogens is 278 g/mol. The molecule has 6 heteroatoms. The SMILES string of the molecule is C=CSc1ccc(C(=O)ON(C)C(=O)CCC=O)cc1. The minimum Gasteiger partial charge on any atom is -0.333 e. The van der Waals surface area contributed by atoms with Gasteiger partial charge in [-0.05, 0) is 29.7 Å². The summed E-state index contributed by atoms with van der Waals surface area (Å²) in [5, 5.41) is 2.53. The average molecular weight is 293 g/mol. The molecule has 0 unspecified atom stereocenters. The molecule has 20 heavy (non-hydrogen) atoms. The molecule has 0 saturated carbocycles. The van der Waals surface area contributed by atoms with Crippen molar-refractivity contribution in [1.29, 1.82) is 0 Å². The molecule has 0 aromatic heterocycles. The molecule has 1 rings (SSSR count). The fraction of sp³-hybridized carbons (Fsp3) is 0.214. The van der Waals surface area contributed by atoms with Crippen LogP contribution in [-0.4, -0.2) is 30.3 Å². The van der Waals surface area contributed by atoms with Gasteiger partial charge in [0.25, 0.3) is 5.91 Å². The highest BCUT2D eigenvalue weighted by molar-refractivity contribution is 8.02. The Labute approximate surface area is 121 Å². The largest absolute Gasteiger partial charge is 0.363 e. The number of rotatable bonds is 6. The van der Waals surface area contributed by atoms with Crippen molar-refractivity contribution in [2.45, 2.75) is 17.7 Å². The Balaban J connectivity index is 2.59. The molecule has 0 aliphatic rings. The van der Waals surface area contributed by atoms with E-state index in [1.54, 1.807) is 29.7 Å². The predicted molar refractivity (Wildman–Crippen MR) is 76.0 cm³/mol. The van der Waals surface area contributed by atoms with Gasteiger partial charge >= 0.3 is 5.97 Å². The van der Waals surface area contributed by atoms with Crippen molar-refractivity contribution >= 4 is 29.9 Å². The fourth-order valence-corrected chi connectivity index (χ4v) is 1.82. The van der Waals surface area contributed by atoms with E-state index >= 15 is 0 Å². The summed E-state index contributed by atoms with van der Waals surface area (Å²) in [5.41, 5.74) is 0.341. The lowest BCUT2D eigenvalue weighted by Gasteiger charge is -2.15. The van der Waals surface area contributed by atoms with Gasteiger partial charge in [-0.15, -0.1) is 0 Å². The second kappa shape index (κ2) is 8.16. The van der Waals surface area contributed by atoms with Crippen LogP contribution < -0.4 is 0 Å². The minimum atomic E-state index is -0.623. The average Bonchev–Trinajstić information content (AvgIpc) is 2.45. The van der Waals surface area contributed by atoms with E-state index in [2.05, 4.69) is 6.58 Å². The van der Waals surface area contributed by atoms with Gasteiger partial charge in [0.15, 0.2) is 0 Å². The maximum atomic E-state index is 11.8. The second-order valence-electron chi connectivity index (χ2n) is 3.78. The number of carbonyl (C=O) groups excluding carboxylic acids is 3. The lowest BCUT2D eigenvalue weighted by Crippen LogP contribution is -2.29. The highest BCUT2D eigenvalue weighted by Gasteiger charge is 2.15. The Kier molecular flexibility index (Phi) is 6.52. The van der Waals surface area contributed by atoms with Gasteiger partial charge in [-0.2, -0.15) is 5.06 Å². The van der Waals surface area contributed by atoms with E-state index in [1.165, 1.54) is 18.8 Å². The van der Waals surface area contributed by atoms with Crippen LogP contribution >= 0.6 is 11.8 Å². The number of hydrogen-bond acceptors (Lipinski definition) is 5. The highest BCUT2D eigenvalue weighted by atomic mass is 32.2. The van der Waals surface area contributed by atoms with Crippen molar-refractivity contribution in [1.82, 2.24) is 5.06 Å². The summed E-state index contributed by atoms with van der Waals surface area (Å²) in [6, 6.07) is 6.74. The summed E-state index contributed by atoms with van der Waals surface area (Å²) >= 11 is 1.44. The predicted octanol–water partition coefficient (Wildman–Crippen LogP) is 2.43. The van der Waals surface area contributed by atoms with Crippen LogP contribution in [0, 0.1) is 0 Å². The molecule has 0 atom stereocenters. The van der Waals surface area contributed by atoms with E-state index < -0.39 is 11.9 Å². The van der Waals surface area contributed by atoms with Gasteiger partial charge in [0.1, 0.15) is 6.29 Å². The Morgan fingerprint density at radius 3 is 2.55 bits per heavy atom. The number of carbonyl (C=O) groups is 3. The maximum absolute atomic E-state index is 11.8. The molecule has 106 valence electrons. The van der Waals surface area contributed by atoms with E-state index in [4.69, 9.17) is 4.84 Å². The summed E-state index contributed by atoms with van der Waals surface area (Å²) in [5.74, 6) is -1.05. The van der Waals surface area contributed by atoms with Gasteiger partial charge in [0.2, 0.25) is 0 Å². The molecule has 1 aromatic carbocycles. The molecule has 0 saturated heterocycles. The topological polar surface area (TPSA) is 63.7 Å². The van der Waals surface area contributed by atoms with Crippen molar-refractivity contribution < 1.29 is 19.2 Å². The molecule has 0 heterocycles. The van der Waals surface area contributed by atoms with Crippen LogP contribution in [0.25, 0.3) is 0 Å². The van der Waals surface area contributed by atoms with Gasteiger partial charge in [-0.1, -0.05) is 18.3 Å². The second-order valence-corrected chi connectivity index (χ2v) is 4.82. The summed E-state index contributed by atoms with van der Waals surface area (Å²) in [6.07, 6.45) is 0.764. The summed E-state index contributed by atoms with van der Waals surface area (Å²) < 4.78 is 0. The van der Waals surface area contributed by atoms with Crippen molar-refractivity contribution in [3.05, 3.63) is 41.8 Å². The van der Waals surface area contributed by atoms with E-state index in [-0.39, 0.29) is 12.8 Å². The fourth-order valence-electron chi connectivity index (χ4n) is 1.33. The molecular formula is C14H15NO4S. The zero-order valence-corrected chi connectivity index (χ0v) is 11.9. The number of hydroxylamine groups is 2. The molecule has 0 aliphatic carbocycles. The molecule has 0 spiro atoms. The first-order valence-electron chi connectivity index (χ1n) is 5.88. The number of aldehydes is 1. The van der Waals surface area contributed by atoms with Gasteiger partial charge in [0.05, 0.1) is 5.56 Å². The maximum Gasteiger partial charge on any atom is 0.363 e. The number of thioether (sulfide) groups is 1. The van der Waals surface area contributed by atoms with E-state index in [9.17, 15) is 14.4 Å². The molecule has 0 aliphatic heterocycles. The van der Waals surface area contributed by atoms with Crippen LogP contribution in [0.2, 0.25) is 0 Å². The zero-order valence-electron chi connectivity index (χ0n) is 11.1. The van der Waals surface area contributed by atoms with Gasteiger partial charge in [0, 0.05) is 24.8 Å². The zero-order chi connectivity index (χ0) is 15.0. The summed E-state index contributed by atoms with van der Waals surface area (Å²) in [4.78, 5) is 39.3. The van der Waals surface area contributed by atoms with Crippen molar-refractivity contribution in [3.8, 4) is 0 Å². The lowest BCUT2D eigenvalue weighted by molar-refractivity contribution is -0.161. The third-order valence-corrected chi connectivity index (χ3v) is 3.07. The highest BCUT2D eigenvalue weighted by Crippen LogP contribution is 2.19. The Morgan fingerprint density at radius 1 is 1.35 bits per heavy atom. The summed E-state index contributed by atoms with van der Waals surface area (Å²) in [6.45, 7) is 3.60. The third-order valence-electron chi connectivity index (χ3n) is 2.36. The molecule has 0 N–H and O–H groups in total. The number of hydrogen-bond donors (Lipinski definition) is 0. The Bertz CT molecular complexity index is 498. The molecule has 1 amide bonds. The number of amides is 1. The normalized spacial score (nSPS) is 9.65. The van der Waals surface area contributed by atoms with E-state index in [0.29, 0.717) is 11.8 Å². The molecule has 1 aromatic rings. The quantitative estimate of drug-likeness (QED) is 0.458. The van der Waals surface area contributed by atoms with Crippen molar-refractivity contribution in [2.24, 2.45) is 0 Å². The van der Waals surface area contributed by atoms with E-state index in [1.807, 2.05) is 0 Å². The molecule has 0 bridgehead atoms. The number of nitrogens with zero attached hydrogens (tertiary/aromatic N) is 1. The molecule has 0 fully saturated rings. The smallest absolute Gasteiger partial charge is 0.333 e. The van der Waals surface area contributed by atoms with Crippen molar-refractivity contribution in [2.75, 3.05) is 7.05 Å². The van der Waals surface area contributed by atoms with Gasteiger partial charge in [-0.3, -0.25) is 4.79 Å². The van der Waals surface area contributed by atoms with Gasteiger partial charge in [-0.25, -0.2) is 4.79 Å². The van der Waals surface area contributed by atoms with Crippen LogP contribution in [-0.2, 0) is 14.4 Å². The Morgan fingerprint density at radius 2 is 2.00 bits per heavy atom. The first-order chi connectivity index (χ1) is 9.58. The molecule has 5 nitrogen and oxygen atoms in total. The third kappa shape index (κ3) is 4.89. The van der Waals surface area contributed by atoms with Crippen LogP contribution in [0.3, 0.4) is 0 Å². The van der Waals surface area contributed by atoms with Crippen LogP contribution in [0.4, 0.5) is 0 Å². The molecule has 0 radical (unpaired) electrons. The first-order valence-corrected chi connectivity index (χ1v) is 6.76. The lowest BCUT2D eigenvalue weighted by atomic mass is 10.2. The monoisotopic (exact) mass is 293 g/mol. The van der Waals surface area contributed by atoms with Crippen LogP contribution in [0.5, 0.6) is 0 Å². The van der Waals surface area contributed by atoms with Gasteiger partial charge < -0.3 is 9.63 Å². The van der Waals surface area contributed by atoms with Crippen molar-refractivity contribution in [3.63, 3.8) is 0 Å².